The molecule has 3 nitrogen and oxygen atoms in total. The van der Waals surface area contributed by atoms with Crippen LogP contribution in [0.25, 0.3) is 0 Å². The second-order valence-electron chi connectivity index (χ2n) is 3.39. The minimum atomic E-state index is -0.395. The quantitative estimate of drug-likeness (QED) is 0.445. The van der Waals surface area contributed by atoms with Gasteiger partial charge in [0.05, 0.1) is 12.7 Å². The van der Waals surface area contributed by atoms with Crippen molar-refractivity contribution < 1.29 is 14.3 Å². The van der Waals surface area contributed by atoms with E-state index < -0.39 is 5.97 Å². The van der Waals surface area contributed by atoms with Crippen LogP contribution in [0.2, 0.25) is 0 Å². The molecule has 0 aliphatic carbocycles. The molecule has 0 unspecified atom stereocenters. The number of carbonyl (C=O) groups excluding carboxylic acids is 2. The highest BCUT2D eigenvalue weighted by Crippen LogP contribution is 2.13. The van der Waals surface area contributed by atoms with Gasteiger partial charge in [-0.3, -0.25) is 4.79 Å². The van der Waals surface area contributed by atoms with Crippen LogP contribution in [0.4, 0.5) is 0 Å². The Morgan fingerprint density at radius 2 is 2.00 bits per heavy atom. The lowest BCUT2D eigenvalue weighted by Crippen LogP contribution is -2.04. The molecule has 16 heavy (non-hydrogen) atoms. The van der Waals surface area contributed by atoms with E-state index in [9.17, 15) is 9.59 Å². The van der Waals surface area contributed by atoms with E-state index >= 15 is 0 Å². The molecule has 0 heterocycles. The van der Waals surface area contributed by atoms with E-state index in [4.69, 9.17) is 0 Å². The molecule has 0 aliphatic rings. The Morgan fingerprint density at radius 1 is 1.31 bits per heavy atom. The fourth-order valence-electron chi connectivity index (χ4n) is 1.43. The van der Waals surface area contributed by atoms with Crippen LogP contribution in [-0.2, 0) is 4.74 Å². The van der Waals surface area contributed by atoms with Crippen LogP contribution in [0.3, 0.4) is 0 Å². The molecule has 1 aromatic carbocycles. The summed E-state index contributed by atoms with van der Waals surface area (Å²) in [6, 6.07) is 4.89. The zero-order chi connectivity index (χ0) is 12.1. The van der Waals surface area contributed by atoms with E-state index in [1.807, 2.05) is 0 Å². The van der Waals surface area contributed by atoms with E-state index in [0.29, 0.717) is 11.1 Å². The first-order valence-corrected chi connectivity index (χ1v) is 4.96. The molecule has 0 atom stereocenters. The molecule has 0 amide bonds. The maximum Gasteiger partial charge on any atom is 0.337 e. The largest absolute Gasteiger partial charge is 0.465 e. The van der Waals surface area contributed by atoms with Crippen LogP contribution in [-0.4, -0.2) is 18.9 Å². The number of ether oxygens (including phenoxy) is 1. The highest BCUT2D eigenvalue weighted by molar-refractivity contribution is 6.06. The molecule has 0 fully saturated rings. The number of hydrogen-bond donors (Lipinski definition) is 0. The summed E-state index contributed by atoms with van der Waals surface area (Å²) in [5.74, 6) is -0.454. The predicted molar refractivity (Wildman–Crippen MR) is 61.7 cm³/mol. The minimum Gasteiger partial charge on any atom is -0.465 e. The van der Waals surface area contributed by atoms with Gasteiger partial charge in [0, 0.05) is 5.56 Å². The first kappa shape index (κ1) is 12.2. The fourth-order valence-corrected chi connectivity index (χ4v) is 1.43. The monoisotopic (exact) mass is 218 g/mol. The van der Waals surface area contributed by atoms with E-state index in [1.165, 1.54) is 13.2 Å². The molecule has 0 radical (unpaired) electrons. The summed E-state index contributed by atoms with van der Waals surface area (Å²) in [6.07, 6.45) is 3.19. The molecular formula is C13H14O3. The predicted octanol–water partition coefficient (Wildman–Crippen LogP) is 2.54. The van der Waals surface area contributed by atoms with Crippen molar-refractivity contribution >= 4 is 11.8 Å². The number of methoxy groups -OCH3 is 1. The molecule has 0 aromatic heterocycles. The molecule has 1 rings (SSSR count). The molecule has 0 N–H and O–H groups in total. The van der Waals surface area contributed by atoms with E-state index in [-0.39, 0.29) is 5.78 Å². The van der Waals surface area contributed by atoms with Crippen LogP contribution in [0, 0.1) is 6.92 Å². The van der Waals surface area contributed by atoms with Gasteiger partial charge in [0.1, 0.15) is 0 Å². The topological polar surface area (TPSA) is 43.4 Å². The average molecular weight is 218 g/mol. The summed E-state index contributed by atoms with van der Waals surface area (Å²) >= 11 is 0. The third-order valence-corrected chi connectivity index (χ3v) is 2.23. The van der Waals surface area contributed by atoms with Gasteiger partial charge >= 0.3 is 5.97 Å². The Morgan fingerprint density at radius 3 is 2.50 bits per heavy atom. The summed E-state index contributed by atoms with van der Waals surface area (Å²) in [4.78, 5) is 22.9. The Labute approximate surface area is 94.7 Å². The first-order chi connectivity index (χ1) is 7.60. The normalized spacial score (nSPS) is 10.4. The van der Waals surface area contributed by atoms with Crippen LogP contribution in [0.5, 0.6) is 0 Å². The molecule has 0 spiro atoms. The molecule has 84 valence electrons. The van der Waals surface area contributed by atoms with Gasteiger partial charge in [0.15, 0.2) is 5.78 Å². The number of aryl methyl sites for hydroxylation is 1. The number of benzene rings is 1. The minimum absolute atomic E-state index is 0.0589. The smallest absolute Gasteiger partial charge is 0.337 e. The van der Waals surface area contributed by atoms with Crippen molar-refractivity contribution in [3.63, 3.8) is 0 Å². The van der Waals surface area contributed by atoms with Gasteiger partial charge in [-0.2, -0.15) is 0 Å². The maximum absolute atomic E-state index is 11.6. The number of carbonyl (C=O) groups is 2. The van der Waals surface area contributed by atoms with E-state index in [2.05, 4.69) is 4.74 Å². The van der Waals surface area contributed by atoms with Crippen molar-refractivity contribution in [3.8, 4) is 0 Å². The highest BCUT2D eigenvalue weighted by Gasteiger charge is 2.10. The second-order valence-corrected chi connectivity index (χ2v) is 3.39. The number of ketones is 1. The zero-order valence-electron chi connectivity index (χ0n) is 9.61. The van der Waals surface area contributed by atoms with Crippen molar-refractivity contribution in [1.29, 1.82) is 0 Å². The second kappa shape index (κ2) is 5.26. The van der Waals surface area contributed by atoms with Gasteiger partial charge in [-0.25, -0.2) is 4.79 Å². The van der Waals surface area contributed by atoms with Crippen molar-refractivity contribution in [2.75, 3.05) is 7.11 Å². The number of esters is 1. The van der Waals surface area contributed by atoms with Crippen LogP contribution in [0.15, 0.2) is 30.4 Å². The summed E-state index contributed by atoms with van der Waals surface area (Å²) in [6.45, 7) is 3.58. The van der Waals surface area contributed by atoms with Gasteiger partial charge < -0.3 is 4.74 Å². The Kier molecular flexibility index (Phi) is 4.00. The van der Waals surface area contributed by atoms with Gasteiger partial charge in [-0.15, -0.1) is 0 Å². The third kappa shape index (κ3) is 2.57. The summed E-state index contributed by atoms with van der Waals surface area (Å²) in [5, 5.41) is 0. The van der Waals surface area contributed by atoms with Crippen molar-refractivity contribution in [3.05, 3.63) is 47.0 Å². The lowest BCUT2D eigenvalue weighted by atomic mass is 10.0. The number of hydrogen-bond acceptors (Lipinski definition) is 3. The van der Waals surface area contributed by atoms with Crippen molar-refractivity contribution in [2.45, 2.75) is 13.8 Å². The van der Waals surface area contributed by atoms with E-state index in [1.54, 1.807) is 38.1 Å². The molecule has 0 saturated heterocycles. The van der Waals surface area contributed by atoms with E-state index in [0.717, 1.165) is 5.56 Å². The Bertz CT molecular complexity index is 444. The Hall–Kier alpha value is -1.90. The molecular weight excluding hydrogens is 204 g/mol. The lowest BCUT2D eigenvalue weighted by Gasteiger charge is -2.04. The Balaban J connectivity index is 3.09. The van der Waals surface area contributed by atoms with Gasteiger partial charge in [0.2, 0.25) is 0 Å². The van der Waals surface area contributed by atoms with Crippen molar-refractivity contribution in [2.24, 2.45) is 0 Å². The SMILES string of the molecule is CC=CC(=O)c1ccc(C(=O)OC)cc1C. The van der Waals surface area contributed by atoms with Crippen LogP contribution in [0.1, 0.15) is 33.2 Å². The molecule has 0 saturated carbocycles. The van der Waals surface area contributed by atoms with Crippen molar-refractivity contribution in [1.82, 2.24) is 0 Å². The van der Waals surface area contributed by atoms with Gasteiger partial charge in [0.25, 0.3) is 0 Å². The number of rotatable bonds is 3. The van der Waals surface area contributed by atoms with Crippen LogP contribution >= 0.6 is 0 Å². The maximum atomic E-state index is 11.6. The van der Waals surface area contributed by atoms with Gasteiger partial charge in [-0.1, -0.05) is 6.08 Å². The summed E-state index contributed by atoms with van der Waals surface area (Å²) < 4.78 is 4.60. The molecule has 3 heteroatoms. The number of allylic oxidation sites excluding steroid dienone is 2. The average Bonchev–Trinajstić information content (AvgIpc) is 2.28. The van der Waals surface area contributed by atoms with Gasteiger partial charge in [-0.05, 0) is 43.7 Å². The first-order valence-electron chi connectivity index (χ1n) is 4.96. The zero-order valence-corrected chi connectivity index (χ0v) is 9.61. The highest BCUT2D eigenvalue weighted by atomic mass is 16.5. The molecule has 0 aliphatic heterocycles. The van der Waals surface area contributed by atoms with Crippen LogP contribution < -0.4 is 0 Å². The molecule has 0 bridgehead atoms. The molecule has 1 aromatic rings. The fraction of sp³-hybridized carbons (Fsp3) is 0.231. The standard InChI is InChI=1S/C13H14O3/c1-4-5-12(14)11-7-6-10(8-9(11)2)13(15)16-3/h4-8H,1-3H3. The third-order valence-electron chi connectivity index (χ3n) is 2.23. The lowest BCUT2D eigenvalue weighted by molar-refractivity contribution is 0.0600. The summed E-state index contributed by atoms with van der Waals surface area (Å²) in [5.41, 5.74) is 1.83. The summed E-state index contributed by atoms with van der Waals surface area (Å²) in [7, 11) is 1.33.